The van der Waals surface area contributed by atoms with Crippen molar-refractivity contribution in [3.63, 3.8) is 0 Å². The van der Waals surface area contributed by atoms with Gasteiger partial charge in [-0.05, 0) is 36.8 Å². The van der Waals surface area contributed by atoms with Crippen LogP contribution in [0.5, 0.6) is 11.5 Å². The van der Waals surface area contributed by atoms with Crippen molar-refractivity contribution >= 4 is 5.91 Å². The first-order valence-corrected chi connectivity index (χ1v) is 11.5. The predicted octanol–water partition coefficient (Wildman–Crippen LogP) is 3.49. The Bertz CT molecular complexity index is 1250. The van der Waals surface area contributed by atoms with Crippen molar-refractivity contribution < 1.29 is 23.1 Å². The molecule has 0 saturated carbocycles. The number of carbonyl (C=O) groups is 1. The number of fused-ring (bicyclic) bond motifs is 1. The first-order valence-electron chi connectivity index (χ1n) is 11.5. The van der Waals surface area contributed by atoms with Crippen LogP contribution in [-0.2, 0) is 19.5 Å². The minimum Gasteiger partial charge on any atom is -0.496 e. The van der Waals surface area contributed by atoms with Crippen molar-refractivity contribution in [3.05, 3.63) is 81.4 Å². The van der Waals surface area contributed by atoms with E-state index < -0.39 is 5.82 Å². The Kier molecular flexibility index (Phi) is 7.25. The molecule has 0 unspecified atom stereocenters. The second kappa shape index (κ2) is 10.4. The zero-order valence-electron chi connectivity index (χ0n) is 20.4. The van der Waals surface area contributed by atoms with Crippen LogP contribution in [0.4, 0.5) is 4.39 Å². The Balaban J connectivity index is 1.62. The number of hydrogen-bond acceptors (Lipinski definition) is 6. The van der Waals surface area contributed by atoms with Crippen molar-refractivity contribution in [2.45, 2.75) is 32.5 Å². The van der Waals surface area contributed by atoms with E-state index in [4.69, 9.17) is 13.9 Å². The van der Waals surface area contributed by atoms with Crippen LogP contribution in [0, 0.1) is 5.82 Å². The van der Waals surface area contributed by atoms with Gasteiger partial charge in [-0.2, -0.15) is 0 Å². The van der Waals surface area contributed by atoms with E-state index in [2.05, 4.69) is 4.90 Å². The summed E-state index contributed by atoms with van der Waals surface area (Å²) in [4.78, 5) is 30.3. The van der Waals surface area contributed by atoms with Gasteiger partial charge in [-0.1, -0.05) is 6.07 Å². The van der Waals surface area contributed by atoms with Crippen LogP contribution in [0.25, 0.3) is 0 Å². The monoisotopic (exact) mass is 483 g/mol. The van der Waals surface area contributed by atoms with E-state index in [9.17, 15) is 14.0 Å². The van der Waals surface area contributed by atoms with E-state index >= 15 is 0 Å². The Labute approximate surface area is 203 Å². The molecule has 1 atom stereocenters. The van der Waals surface area contributed by atoms with Crippen molar-refractivity contribution in [2.75, 3.05) is 34.4 Å². The summed E-state index contributed by atoms with van der Waals surface area (Å²) in [5, 5.41) is 0. The molecule has 0 bridgehead atoms. The SMILES string of the molecule is COc1cc(CN2CCc3c(C(=O)N(C)[C@@H](C)c4ccco4)c(OC)cc(=O)n3CC2)ccc1F. The molecule has 2 aromatic heterocycles. The van der Waals surface area contributed by atoms with Gasteiger partial charge in [-0.25, -0.2) is 4.39 Å². The highest BCUT2D eigenvalue weighted by Gasteiger charge is 2.29. The third-order valence-corrected chi connectivity index (χ3v) is 6.60. The van der Waals surface area contributed by atoms with Gasteiger partial charge in [0.25, 0.3) is 11.5 Å². The lowest BCUT2D eigenvalue weighted by Gasteiger charge is -2.26. The molecule has 1 aromatic carbocycles. The average Bonchev–Trinajstić information content (AvgIpc) is 3.32. The maximum atomic E-state index is 13.8. The Morgan fingerprint density at radius 1 is 1.14 bits per heavy atom. The van der Waals surface area contributed by atoms with Gasteiger partial charge in [0.05, 0.1) is 26.5 Å². The number of nitrogens with zero attached hydrogens (tertiary/aromatic N) is 3. The van der Waals surface area contributed by atoms with Crippen molar-refractivity contribution in [2.24, 2.45) is 0 Å². The zero-order valence-corrected chi connectivity index (χ0v) is 20.4. The van der Waals surface area contributed by atoms with Crippen LogP contribution < -0.4 is 15.0 Å². The molecule has 0 spiro atoms. The van der Waals surface area contributed by atoms with Crippen LogP contribution in [0.3, 0.4) is 0 Å². The highest BCUT2D eigenvalue weighted by atomic mass is 19.1. The predicted molar refractivity (Wildman–Crippen MR) is 128 cm³/mol. The first-order chi connectivity index (χ1) is 16.8. The topological polar surface area (TPSA) is 77.2 Å². The van der Waals surface area contributed by atoms with E-state index in [0.717, 1.165) is 5.56 Å². The maximum Gasteiger partial charge on any atom is 0.259 e. The van der Waals surface area contributed by atoms with Gasteiger partial charge < -0.3 is 23.4 Å². The second-order valence-corrected chi connectivity index (χ2v) is 8.63. The Morgan fingerprint density at radius 2 is 1.91 bits per heavy atom. The van der Waals surface area contributed by atoms with Crippen molar-refractivity contribution in [1.29, 1.82) is 0 Å². The van der Waals surface area contributed by atoms with Crippen LogP contribution in [0.2, 0.25) is 0 Å². The fourth-order valence-electron chi connectivity index (χ4n) is 4.48. The van der Waals surface area contributed by atoms with E-state index in [1.54, 1.807) is 41.0 Å². The smallest absolute Gasteiger partial charge is 0.259 e. The summed E-state index contributed by atoms with van der Waals surface area (Å²) in [6.07, 6.45) is 2.05. The Hall–Kier alpha value is -3.59. The lowest BCUT2D eigenvalue weighted by Crippen LogP contribution is -2.34. The third-order valence-electron chi connectivity index (χ3n) is 6.60. The summed E-state index contributed by atoms with van der Waals surface area (Å²) in [7, 11) is 4.61. The van der Waals surface area contributed by atoms with Crippen molar-refractivity contribution in [1.82, 2.24) is 14.4 Å². The number of carbonyl (C=O) groups excluding carboxylic acids is 1. The van der Waals surface area contributed by atoms with Gasteiger partial charge >= 0.3 is 0 Å². The quantitative estimate of drug-likeness (QED) is 0.512. The second-order valence-electron chi connectivity index (χ2n) is 8.63. The summed E-state index contributed by atoms with van der Waals surface area (Å²) < 4.78 is 31.5. The number of hydrogen-bond donors (Lipinski definition) is 0. The molecule has 35 heavy (non-hydrogen) atoms. The number of amides is 1. The van der Waals surface area contributed by atoms with E-state index in [1.165, 1.54) is 26.4 Å². The van der Waals surface area contributed by atoms with Crippen LogP contribution in [0.1, 0.15) is 40.3 Å². The number of pyridine rings is 1. The molecule has 186 valence electrons. The van der Waals surface area contributed by atoms with E-state index in [1.807, 2.05) is 13.0 Å². The van der Waals surface area contributed by atoms with Crippen LogP contribution in [0.15, 0.2) is 51.9 Å². The molecule has 3 aromatic rings. The summed E-state index contributed by atoms with van der Waals surface area (Å²) >= 11 is 0. The highest BCUT2D eigenvalue weighted by Crippen LogP contribution is 2.28. The highest BCUT2D eigenvalue weighted by molar-refractivity contribution is 5.98. The molecule has 0 fully saturated rings. The first kappa shape index (κ1) is 24.5. The molecule has 1 aliphatic rings. The normalized spacial score (nSPS) is 14.7. The molecule has 9 heteroatoms. The van der Waals surface area contributed by atoms with Crippen LogP contribution in [-0.4, -0.2) is 54.6 Å². The molecule has 0 saturated heterocycles. The third kappa shape index (κ3) is 4.95. The lowest BCUT2D eigenvalue weighted by molar-refractivity contribution is 0.0720. The molecule has 0 radical (unpaired) electrons. The number of rotatable bonds is 7. The lowest BCUT2D eigenvalue weighted by atomic mass is 10.1. The van der Waals surface area contributed by atoms with Gasteiger partial charge in [-0.15, -0.1) is 0 Å². The van der Waals surface area contributed by atoms with Crippen molar-refractivity contribution in [3.8, 4) is 11.5 Å². The maximum absolute atomic E-state index is 13.8. The fourth-order valence-corrected chi connectivity index (χ4v) is 4.48. The number of benzene rings is 1. The van der Waals surface area contributed by atoms with E-state index in [-0.39, 0.29) is 29.0 Å². The molecule has 8 nitrogen and oxygen atoms in total. The molecule has 1 aliphatic heterocycles. The van der Waals surface area contributed by atoms with Gasteiger partial charge in [0.15, 0.2) is 11.6 Å². The van der Waals surface area contributed by atoms with Gasteiger partial charge in [-0.3, -0.25) is 14.5 Å². The van der Waals surface area contributed by atoms with Gasteiger partial charge in [0.1, 0.15) is 17.1 Å². The molecule has 0 aliphatic carbocycles. The van der Waals surface area contributed by atoms with E-state index in [0.29, 0.717) is 49.6 Å². The van der Waals surface area contributed by atoms with Gasteiger partial charge in [0, 0.05) is 51.4 Å². The largest absolute Gasteiger partial charge is 0.496 e. The summed E-state index contributed by atoms with van der Waals surface area (Å²) in [5.74, 6) is 0.477. The van der Waals surface area contributed by atoms with Gasteiger partial charge in [0.2, 0.25) is 0 Å². The molecule has 3 heterocycles. The Morgan fingerprint density at radius 3 is 2.60 bits per heavy atom. The number of methoxy groups -OCH3 is 2. The molecule has 4 rings (SSSR count). The van der Waals surface area contributed by atoms with Crippen LogP contribution >= 0.6 is 0 Å². The number of halogens is 1. The summed E-state index contributed by atoms with van der Waals surface area (Å²) in [6, 6.07) is 9.48. The molecular formula is C26H30FN3O5. The minimum absolute atomic E-state index is 0.197. The minimum atomic E-state index is -0.408. The standard InChI is InChI=1S/C26H30FN3O5/c1-17(21-6-5-13-35-21)28(2)26(32)25-20-9-10-29(11-12-30(20)24(31)15-23(25)34-4)16-18-7-8-19(27)22(14-18)33-3/h5-8,13-15,17H,9-12,16H2,1-4H3/t17-/m0/s1. The molecule has 0 N–H and O–H groups in total. The summed E-state index contributed by atoms with van der Waals surface area (Å²) in [5.41, 5.74) is 1.73. The number of ether oxygens (including phenoxy) is 2. The molecular weight excluding hydrogens is 453 g/mol. The number of aromatic nitrogens is 1. The molecule has 1 amide bonds. The average molecular weight is 484 g/mol. The summed E-state index contributed by atoms with van der Waals surface area (Å²) in [6.45, 7) is 4.09. The zero-order chi connectivity index (χ0) is 25.1. The number of furan rings is 1. The fraction of sp³-hybridized carbons (Fsp3) is 0.385.